The van der Waals surface area contributed by atoms with Crippen molar-refractivity contribution in [2.45, 2.75) is 32.9 Å². The van der Waals surface area contributed by atoms with Crippen LogP contribution in [-0.4, -0.2) is 10.3 Å². The molecule has 1 aliphatic heterocycles. The zero-order valence-corrected chi connectivity index (χ0v) is 17.3. The minimum atomic E-state index is -0.716. The van der Waals surface area contributed by atoms with Gasteiger partial charge in [0, 0.05) is 0 Å². The number of fused-ring (bicyclic) bond motifs is 2. The summed E-state index contributed by atoms with van der Waals surface area (Å²) in [7, 11) is -0.271. The fourth-order valence-corrected chi connectivity index (χ4v) is 5.05. The first kappa shape index (κ1) is 18.1. The van der Waals surface area contributed by atoms with Gasteiger partial charge in [0.1, 0.15) is 21.0 Å². The van der Waals surface area contributed by atoms with Gasteiger partial charge in [0.05, 0.1) is 0 Å². The Morgan fingerprint density at radius 2 is 1.41 bits per heavy atom. The maximum absolute atomic E-state index is 12.1. The first-order valence-corrected chi connectivity index (χ1v) is 10.6. The normalized spacial score (nSPS) is 13.3. The Labute approximate surface area is 169 Å². The van der Waals surface area contributed by atoms with Crippen molar-refractivity contribution in [3.8, 4) is 17.2 Å². The second kappa shape index (κ2) is 7.06. The average molecular weight is 442 g/mol. The summed E-state index contributed by atoms with van der Waals surface area (Å²) in [4.78, 5) is 15.5. The highest BCUT2D eigenvalue weighted by atomic mass is 79.9. The highest BCUT2D eigenvalue weighted by Crippen LogP contribution is 2.46. The summed E-state index contributed by atoms with van der Waals surface area (Å²) in [5, 5.41) is 0. The van der Waals surface area contributed by atoms with E-state index < -0.39 is 4.32 Å². The number of rotatable bonds is 3. The zero-order chi connectivity index (χ0) is 19.0. The molecule has 0 fully saturated rings. The van der Waals surface area contributed by atoms with E-state index in [0.29, 0.717) is 5.75 Å². The topological polar surface area (TPSA) is 35.5 Å². The van der Waals surface area contributed by atoms with E-state index in [1.54, 1.807) is 13.8 Å². The Kier molecular flexibility index (Phi) is 4.74. The minimum Gasteiger partial charge on any atom is -0.447 e. The van der Waals surface area contributed by atoms with Gasteiger partial charge in [0.25, 0.3) is 0 Å². The third kappa shape index (κ3) is 3.62. The summed E-state index contributed by atoms with van der Waals surface area (Å²) in [6.07, 6.45) is 0. The lowest BCUT2D eigenvalue weighted by Gasteiger charge is -2.19. The number of para-hydroxylation sites is 2. The smallest absolute Gasteiger partial charge is 0.327 e. The fourth-order valence-electron chi connectivity index (χ4n) is 2.77. The lowest BCUT2D eigenvalue weighted by Crippen LogP contribution is -2.29. The summed E-state index contributed by atoms with van der Waals surface area (Å²) in [6, 6.07) is 24.0. The molecule has 0 saturated carbocycles. The number of carbonyl (C=O) groups excluding carboxylic acids is 1. The van der Waals surface area contributed by atoms with Crippen LogP contribution in [0.1, 0.15) is 13.8 Å². The largest absolute Gasteiger partial charge is 0.447 e. The average Bonchev–Trinajstić information content (AvgIpc) is 2.66. The third-order valence-electron chi connectivity index (χ3n) is 4.11. The van der Waals surface area contributed by atoms with Crippen LogP contribution >= 0.6 is 15.9 Å². The van der Waals surface area contributed by atoms with Crippen LogP contribution in [0.5, 0.6) is 17.2 Å². The quantitative estimate of drug-likeness (QED) is 0.170. The number of halogens is 1. The molecule has 0 bridgehead atoms. The maximum atomic E-state index is 12.1. The van der Waals surface area contributed by atoms with E-state index in [0.717, 1.165) is 26.2 Å². The Bertz CT molecular complexity index is 947. The summed E-state index contributed by atoms with van der Waals surface area (Å²) in [5.74, 6) is 1.99. The van der Waals surface area contributed by atoms with Crippen LogP contribution in [0.15, 0.2) is 87.5 Å². The van der Waals surface area contributed by atoms with E-state index in [4.69, 9.17) is 9.47 Å². The molecule has 27 heavy (non-hydrogen) atoms. The van der Waals surface area contributed by atoms with Crippen molar-refractivity contribution in [2.75, 3.05) is 0 Å². The molecule has 1 aliphatic rings. The van der Waals surface area contributed by atoms with Crippen LogP contribution in [0.25, 0.3) is 0 Å². The van der Waals surface area contributed by atoms with Gasteiger partial charge in [-0.2, -0.15) is 0 Å². The molecule has 5 heteroatoms. The number of carbonyl (C=O) groups is 1. The summed E-state index contributed by atoms with van der Waals surface area (Å²) < 4.78 is 10.8. The molecule has 0 aliphatic carbocycles. The van der Waals surface area contributed by atoms with Crippen LogP contribution < -0.4 is 9.47 Å². The summed E-state index contributed by atoms with van der Waals surface area (Å²) in [5.41, 5.74) is 0. The molecule has 0 spiro atoms. The van der Waals surface area contributed by atoms with E-state index in [2.05, 4.69) is 28.1 Å². The molecule has 3 aromatic carbocycles. The molecule has 0 radical (unpaired) electrons. The maximum Gasteiger partial charge on any atom is 0.327 e. The van der Waals surface area contributed by atoms with Crippen molar-refractivity contribution < 1.29 is 14.3 Å². The van der Waals surface area contributed by atoms with Gasteiger partial charge in [0.15, 0.2) is 16.4 Å². The third-order valence-corrected chi connectivity index (χ3v) is 6.73. The number of hydrogen-bond donors (Lipinski definition) is 0. The predicted molar refractivity (Wildman–Crippen MR) is 110 cm³/mol. The number of ether oxygens (including phenoxy) is 2. The van der Waals surface area contributed by atoms with Crippen molar-refractivity contribution in [2.24, 2.45) is 0 Å². The van der Waals surface area contributed by atoms with Crippen LogP contribution in [-0.2, 0) is 15.7 Å². The SMILES string of the molecule is CC(C)(Br)C(=O)Oc1ccc([S+]2c3ccccc3Oc3ccccc32)cc1. The fraction of sp³-hybridized carbons (Fsp3) is 0.136. The standard InChI is InChI=1S/C22H18BrO3S/c1-22(2,23)21(24)25-15-11-13-16(14-12-15)27-19-9-5-3-7-17(19)26-18-8-4-6-10-20(18)27/h3-14H,1-2H3/q+1. The number of hydrogen-bond acceptors (Lipinski definition) is 3. The van der Waals surface area contributed by atoms with Gasteiger partial charge in [-0.25, -0.2) is 0 Å². The van der Waals surface area contributed by atoms with E-state index in [9.17, 15) is 4.79 Å². The number of alkyl halides is 1. The van der Waals surface area contributed by atoms with Crippen LogP contribution in [0.3, 0.4) is 0 Å². The summed E-state index contributed by atoms with van der Waals surface area (Å²) >= 11 is 3.33. The first-order chi connectivity index (χ1) is 12.9. The highest BCUT2D eigenvalue weighted by Gasteiger charge is 2.39. The van der Waals surface area contributed by atoms with Crippen molar-refractivity contribution in [1.29, 1.82) is 0 Å². The Hall–Kier alpha value is -2.24. The van der Waals surface area contributed by atoms with Gasteiger partial charge >= 0.3 is 5.97 Å². The second-order valence-corrected chi connectivity index (χ2v) is 10.6. The van der Waals surface area contributed by atoms with Crippen molar-refractivity contribution in [3.63, 3.8) is 0 Å². The van der Waals surface area contributed by atoms with E-state index >= 15 is 0 Å². The van der Waals surface area contributed by atoms with Crippen molar-refractivity contribution in [1.82, 2.24) is 0 Å². The molecule has 0 atom stereocenters. The lowest BCUT2D eigenvalue weighted by atomic mass is 10.2. The molecule has 136 valence electrons. The van der Waals surface area contributed by atoms with Crippen LogP contribution in [0.2, 0.25) is 0 Å². The molecule has 0 N–H and O–H groups in total. The van der Waals surface area contributed by atoms with Gasteiger partial charge < -0.3 is 9.47 Å². The predicted octanol–water partition coefficient (Wildman–Crippen LogP) is 5.97. The van der Waals surface area contributed by atoms with E-state index in [1.807, 2.05) is 60.7 Å². The van der Waals surface area contributed by atoms with Gasteiger partial charge in [-0.15, -0.1) is 0 Å². The molecule has 4 rings (SSSR count). The van der Waals surface area contributed by atoms with Crippen molar-refractivity contribution in [3.05, 3.63) is 72.8 Å². The van der Waals surface area contributed by atoms with Gasteiger partial charge in [-0.3, -0.25) is 4.79 Å². The number of esters is 1. The van der Waals surface area contributed by atoms with Gasteiger partial charge in [0.2, 0.25) is 9.79 Å². The Morgan fingerprint density at radius 1 is 0.889 bits per heavy atom. The molecular formula is C22H18BrO3S+. The van der Waals surface area contributed by atoms with Crippen LogP contribution in [0, 0.1) is 0 Å². The van der Waals surface area contributed by atoms with E-state index in [1.165, 1.54) is 0 Å². The first-order valence-electron chi connectivity index (χ1n) is 8.55. The Morgan fingerprint density at radius 3 is 1.93 bits per heavy atom. The Balaban J connectivity index is 1.71. The molecule has 3 nitrogen and oxygen atoms in total. The molecule has 0 amide bonds. The number of benzene rings is 3. The van der Waals surface area contributed by atoms with Gasteiger partial charge in [-0.05, 0) is 62.4 Å². The molecule has 3 aromatic rings. The molecule has 0 aromatic heterocycles. The minimum absolute atomic E-state index is 0.271. The van der Waals surface area contributed by atoms with Gasteiger partial charge in [-0.1, -0.05) is 40.2 Å². The molecule has 0 unspecified atom stereocenters. The molecule has 1 heterocycles. The molecular weight excluding hydrogens is 424 g/mol. The van der Waals surface area contributed by atoms with Crippen LogP contribution in [0.4, 0.5) is 0 Å². The lowest BCUT2D eigenvalue weighted by molar-refractivity contribution is -0.136. The molecule has 0 saturated heterocycles. The second-order valence-electron chi connectivity index (χ2n) is 6.64. The highest BCUT2D eigenvalue weighted by molar-refractivity contribution is 9.10. The summed E-state index contributed by atoms with van der Waals surface area (Å²) in [6.45, 7) is 3.53. The van der Waals surface area contributed by atoms with E-state index in [-0.39, 0.29) is 16.9 Å². The van der Waals surface area contributed by atoms with Crippen molar-refractivity contribution >= 4 is 32.8 Å². The monoisotopic (exact) mass is 441 g/mol. The zero-order valence-electron chi connectivity index (χ0n) is 14.9.